The summed E-state index contributed by atoms with van der Waals surface area (Å²) in [6, 6.07) is 6.04. The summed E-state index contributed by atoms with van der Waals surface area (Å²) >= 11 is 0. The highest BCUT2D eigenvalue weighted by Crippen LogP contribution is 2.38. The molecule has 1 aromatic carbocycles. The lowest BCUT2D eigenvalue weighted by atomic mass is 10.0. The lowest BCUT2D eigenvalue weighted by molar-refractivity contribution is 0.475. The van der Waals surface area contributed by atoms with Crippen LogP contribution in [-0.2, 0) is 16.4 Å². The lowest BCUT2D eigenvalue weighted by Crippen LogP contribution is -2.41. The molecule has 92 valence electrons. The third-order valence-corrected chi connectivity index (χ3v) is 6.23. The van der Waals surface area contributed by atoms with Crippen molar-refractivity contribution in [3.05, 3.63) is 29.3 Å². The van der Waals surface area contributed by atoms with E-state index in [4.69, 9.17) is 0 Å². The largest absolute Gasteiger partial charge is 0.269 e. The smallest absolute Gasteiger partial charge is 0.238 e. The Balaban J connectivity index is 2.03. The highest BCUT2D eigenvalue weighted by atomic mass is 32.2. The van der Waals surface area contributed by atoms with Gasteiger partial charge in [-0.05, 0) is 37.3 Å². The van der Waals surface area contributed by atoms with Crippen molar-refractivity contribution in [3.8, 4) is 0 Å². The molecule has 3 rings (SSSR count). The summed E-state index contributed by atoms with van der Waals surface area (Å²) in [5.74, 6) is 0. The van der Waals surface area contributed by atoms with Crippen molar-refractivity contribution in [2.24, 2.45) is 0 Å². The van der Waals surface area contributed by atoms with Crippen molar-refractivity contribution in [2.75, 3.05) is 10.8 Å². The van der Waals surface area contributed by atoms with Gasteiger partial charge in [0, 0.05) is 6.54 Å². The summed E-state index contributed by atoms with van der Waals surface area (Å²) < 4.78 is 26.6. The van der Waals surface area contributed by atoms with Crippen molar-refractivity contribution in [2.45, 2.75) is 37.9 Å². The molecule has 0 saturated heterocycles. The van der Waals surface area contributed by atoms with Crippen LogP contribution in [0.4, 0.5) is 5.69 Å². The number of benzene rings is 1. The van der Waals surface area contributed by atoms with Gasteiger partial charge >= 0.3 is 0 Å². The first-order chi connectivity index (χ1) is 8.10. The molecular formula is C13H17NO2S. The van der Waals surface area contributed by atoms with Crippen molar-refractivity contribution < 1.29 is 8.42 Å². The molecule has 0 bridgehead atoms. The molecular weight excluding hydrogens is 234 g/mol. The van der Waals surface area contributed by atoms with Gasteiger partial charge in [0.25, 0.3) is 0 Å². The van der Waals surface area contributed by atoms with E-state index in [0.29, 0.717) is 6.54 Å². The normalized spacial score (nSPS) is 20.2. The molecule has 1 saturated carbocycles. The molecule has 4 heteroatoms. The van der Waals surface area contributed by atoms with Gasteiger partial charge in [-0.2, -0.15) is 0 Å². The summed E-state index contributed by atoms with van der Waals surface area (Å²) in [4.78, 5) is 0. The maximum Gasteiger partial charge on any atom is 0.238 e. The van der Waals surface area contributed by atoms with Crippen LogP contribution in [0.5, 0.6) is 0 Å². The molecule has 1 heterocycles. The Morgan fingerprint density at radius 2 is 2.06 bits per heavy atom. The fourth-order valence-corrected chi connectivity index (χ4v) is 4.87. The van der Waals surface area contributed by atoms with Crippen molar-refractivity contribution in [3.63, 3.8) is 0 Å². The first-order valence-corrected chi connectivity index (χ1v) is 7.71. The van der Waals surface area contributed by atoms with Crippen molar-refractivity contribution in [1.29, 1.82) is 0 Å². The Hall–Kier alpha value is -1.03. The zero-order valence-electron chi connectivity index (χ0n) is 10.0. The number of sulfonamides is 1. The van der Waals surface area contributed by atoms with E-state index >= 15 is 0 Å². The van der Waals surface area contributed by atoms with E-state index in [1.165, 1.54) is 5.56 Å². The predicted octanol–water partition coefficient (Wildman–Crippen LogP) is 2.24. The molecule has 17 heavy (non-hydrogen) atoms. The van der Waals surface area contributed by atoms with Gasteiger partial charge in [0.1, 0.15) is 0 Å². The van der Waals surface area contributed by atoms with E-state index in [9.17, 15) is 8.42 Å². The number of rotatable bonds is 2. The highest BCUT2D eigenvalue weighted by Gasteiger charge is 2.39. The standard InChI is InChI=1S/C13H17NO2S/c1-10-4-2-5-11-8-9-14(13(10)11)17(15,16)12-6-3-7-12/h2,4-5,12H,3,6-9H2,1H3. The first-order valence-electron chi connectivity index (χ1n) is 6.21. The van der Waals surface area contributed by atoms with Gasteiger partial charge in [-0.25, -0.2) is 8.42 Å². The van der Waals surface area contributed by atoms with Crippen molar-refractivity contribution >= 4 is 15.7 Å². The number of para-hydroxylation sites is 1. The van der Waals surface area contributed by atoms with E-state index in [0.717, 1.165) is 36.9 Å². The van der Waals surface area contributed by atoms with Crippen molar-refractivity contribution in [1.82, 2.24) is 0 Å². The lowest BCUT2D eigenvalue weighted by Gasteiger charge is -2.31. The van der Waals surface area contributed by atoms with Gasteiger partial charge < -0.3 is 0 Å². The summed E-state index contributed by atoms with van der Waals surface area (Å²) in [5.41, 5.74) is 3.19. The Morgan fingerprint density at radius 3 is 2.71 bits per heavy atom. The maximum absolute atomic E-state index is 12.5. The van der Waals surface area contributed by atoms with Crippen LogP contribution >= 0.6 is 0 Å². The summed E-state index contributed by atoms with van der Waals surface area (Å²) in [6.45, 7) is 2.62. The van der Waals surface area contributed by atoms with E-state index in [1.807, 2.05) is 25.1 Å². The third-order valence-electron chi connectivity index (χ3n) is 3.94. The number of aryl methyl sites for hydroxylation is 1. The third kappa shape index (κ3) is 1.58. The molecule has 0 unspecified atom stereocenters. The molecule has 0 aromatic heterocycles. The van der Waals surface area contributed by atoms with Gasteiger partial charge in [-0.1, -0.05) is 24.6 Å². The molecule has 1 aromatic rings. The van der Waals surface area contributed by atoms with Gasteiger partial charge in [0.15, 0.2) is 0 Å². The molecule has 1 aliphatic heterocycles. The zero-order chi connectivity index (χ0) is 12.0. The van der Waals surface area contributed by atoms with E-state index in [1.54, 1.807) is 4.31 Å². The van der Waals surface area contributed by atoms with Crippen LogP contribution in [0.15, 0.2) is 18.2 Å². The second-order valence-electron chi connectivity index (χ2n) is 5.00. The summed E-state index contributed by atoms with van der Waals surface area (Å²) in [7, 11) is -3.10. The second-order valence-corrected chi connectivity index (χ2v) is 7.14. The van der Waals surface area contributed by atoms with Crippen LogP contribution in [-0.4, -0.2) is 20.2 Å². The topological polar surface area (TPSA) is 37.4 Å². The van der Waals surface area contributed by atoms with Crippen LogP contribution < -0.4 is 4.31 Å². The molecule has 0 atom stereocenters. The highest BCUT2D eigenvalue weighted by molar-refractivity contribution is 7.93. The van der Waals surface area contributed by atoms with E-state index in [2.05, 4.69) is 0 Å². The molecule has 0 spiro atoms. The number of hydrogen-bond donors (Lipinski definition) is 0. The number of hydrogen-bond acceptors (Lipinski definition) is 2. The Kier molecular flexibility index (Phi) is 2.43. The fraction of sp³-hybridized carbons (Fsp3) is 0.538. The van der Waals surface area contributed by atoms with Crippen LogP contribution in [0, 0.1) is 6.92 Å². The summed E-state index contributed by atoms with van der Waals surface area (Å²) in [5, 5.41) is -0.131. The summed E-state index contributed by atoms with van der Waals surface area (Å²) in [6.07, 6.45) is 3.57. The first kappa shape index (κ1) is 11.1. The Labute approximate surface area is 102 Å². The minimum Gasteiger partial charge on any atom is -0.269 e. The SMILES string of the molecule is Cc1cccc2c1N(S(=O)(=O)C1CCC1)CC2. The maximum atomic E-state index is 12.5. The van der Waals surface area contributed by atoms with Gasteiger partial charge in [-0.3, -0.25) is 4.31 Å². The molecule has 0 amide bonds. The number of fused-ring (bicyclic) bond motifs is 1. The Bertz CT molecular complexity index is 547. The number of anilines is 1. The number of nitrogens with zero attached hydrogens (tertiary/aromatic N) is 1. The van der Waals surface area contributed by atoms with Gasteiger partial charge in [0.2, 0.25) is 10.0 Å². The molecule has 0 radical (unpaired) electrons. The minimum absolute atomic E-state index is 0.131. The predicted molar refractivity (Wildman–Crippen MR) is 68.8 cm³/mol. The van der Waals surface area contributed by atoms with Crippen LogP contribution in [0.2, 0.25) is 0 Å². The molecule has 3 nitrogen and oxygen atoms in total. The van der Waals surface area contributed by atoms with Crippen LogP contribution in [0.1, 0.15) is 30.4 Å². The van der Waals surface area contributed by atoms with Crippen LogP contribution in [0.25, 0.3) is 0 Å². The second kappa shape index (κ2) is 3.73. The fourth-order valence-electron chi connectivity index (χ4n) is 2.72. The molecule has 0 N–H and O–H groups in total. The van der Waals surface area contributed by atoms with Gasteiger partial charge in [0.05, 0.1) is 10.9 Å². The average Bonchev–Trinajstić information content (AvgIpc) is 2.59. The quantitative estimate of drug-likeness (QED) is 0.808. The molecule has 1 aliphatic carbocycles. The zero-order valence-corrected chi connectivity index (χ0v) is 10.8. The Morgan fingerprint density at radius 1 is 1.29 bits per heavy atom. The average molecular weight is 251 g/mol. The monoisotopic (exact) mass is 251 g/mol. The van der Waals surface area contributed by atoms with Gasteiger partial charge in [-0.15, -0.1) is 0 Å². The molecule has 1 fully saturated rings. The van der Waals surface area contributed by atoms with Crippen LogP contribution in [0.3, 0.4) is 0 Å². The van der Waals surface area contributed by atoms with E-state index in [-0.39, 0.29) is 5.25 Å². The molecule has 2 aliphatic rings. The minimum atomic E-state index is -3.10. The van der Waals surface area contributed by atoms with E-state index < -0.39 is 10.0 Å².